The summed E-state index contributed by atoms with van der Waals surface area (Å²) in [4.78, 5) is 29.1. The summed E-state index contributed by atoms with van der Waals surface area (Å²) >= 11 is 1.37. The zero-order chi connectivity index (χ0) is 26.4. The molecule has 0 saturated heterocycles. The zero-order valence-corrected chi connectivity index (χ0v) is 21.4. The van der Waals surface area contributed by atoms with Gasteiger partial charge in [0.1, 0.15) is 11.5 Å². The molecular formula is C26H26FN7O3S. The molecule has 1 atom stereocenters. The predicted octanol–water partition coefficient (Wildman–Crippen LogP) is 3.12. The number of amides is 1. The molecule has 0 fully saturated rings. The number of rotatable bonds is 5. The summed E-state index contributed by atoms with van der Waals surface area (Å²) in [5.41, 5.74) is 2.77. The van der Waals surface area contributed by atoms with E-state index < -0.39 is 23.4 Å². The number of benzene rings is 1. The number of nitrogens with one attached hydrogen (secondary N) is 3. The van der Waals surface area contributed by atoms with Gasteiger partial charge in [-0.2, -0.15) is 10.2 Å². The van der Waals surface area contributed by atoms with Gasteiger partial charge in [0.15, 0.2) is 5.82 Å². The van der Waals surface area contributed by atoms with Gasteiger partial charge < -0.3 is 15.7 Å². The van der Waals surface area contributed by atoms with Crippen molar-refractivity contribution in [1.29, 1.82) is 0 Å². The van der Waals surface area contributed by atoms with Crippen LogP contribution in [0.3, 0.4) is 0 Å². The number of carbonyl (C=O) groups is 1. The van der Waals surface area contributed by atoms with Crippen molar-refractivity contribution < 1.29 is 14.3 Å². The number of halogens is 1. The highest BCUT2D eigenvalue weighted by atomic mass is 32.1. The maximum atomic E-state index is 14.7. The van der Waals surface area contributed by atoms with Gasteiger partial charge in [-0.25, -0.2) is 9.49 Å². The van der Waals surface area contributed by atoms with Crippen molar-refractivity contribution in [3.63, 3.8) is 0 Å². The first kappa shape index (κ1) is 24.5. The Morgan fingerprint density at radius 3 is 2.95 bits per heavy atom. The molecule has 4 heterocycles. The summed E-state index contributed by atoms with van der Waals surface area (Å²) in [6, 6.07) is 9.52. The summed E-state index contributed by atoms with van der Waals surface area (Å²) in [5, 5.41) is 26.8. The van der Waals surface area contributed by atoms with E-state index in [1.807, 2.05) is 17.8 Å². The SMILES string of the molecule is CN1CCn2nc(Nc3cc(-c4ccc(F)c(NC(=O)c5cc6c(s5)CC[C@H](O)C6)c4)n[nH]c3=O)cc2C1. The molecule has 12 heteroatoms. The van der Waals surface area contributed by atoms with Gasteiger partial charge in [0.05, 0.1) is 34.6 Å². The summed E-state index contributed by atoms with van der Waals surface area (Å²) in [5.74, 6) is -0.451. The number of fused-ring (bicyclic) bond motifs is 2. The van der Waals surface area contributed by atoms with Gasteiger partial charge in [-0.3, -0.25) is 19.2 Å². The minimum absolute atomic E-state index is 0.00677. The zero-order valence-electron chi connectivity index (χ0n) is 20.6. The number of thiophene rings is 1. The van der Waals surface area contributed by atoms with Crippen LogP contribution in [-0.4, -0.2) is 55.6 Å². The van der Waals surface area contributed by atoms with E-state index in [2.05, 4.69) is 30.8 Å². The Balaban J connectivity index is 1.23. The second-order valence-corrected chi connectivity index (χ2v) is 10.8. The van der Waals surface area contributed by atoms with Crippen LogP contribution in [0.1, 0.15) is 32.2 Å². The molecular weight excluding hydrogens is 509 g/mol. The highest BCUT2D eigenvalue weighted by Gasteiger charge is 2.22. The number of aryl methyl sites for hydroxylation is 1. The second kappa shape index (κ2) is 9.78. The topological polar surface area (TPSA) is 128 Å². The Kier molecular flexibility index (Phi) is 6.30. The fourth-order valence-corrected chi connectivity index (χ4v) is 5.93. The van der Waals surface area contributed by atoms with E-state index in [9.17, 15) is 19.1 Å². The van der Waals surface area contributed by atoms with E-state index >= 15 is 0 Å². The van der Waals surface area contributed by atoms with Crippen LogP contribution in [0.15, 0.2) is 41.2 Å². The van der Waals surface area contributed by atoms with Crippen LogP contribution in [0.25, 0.3) is 11.3 Å². The number of carbonyl (C=O) groups excluding carboxylic acids is 1. The van der Waals surface area contributed by atoms with Gasteiger partial charge in [0.2, 0.25) is 0 Å². The molecule has 3 aromatic heterocycles. The fraction of sp³-hybridized carbons (Fsp3) is 0.308. The molecule has 1 amide bonds. The summed E-state index contributed by atoms with van der Waals surface area (Å²) < 4.78 is 16.6. The van der Waals surface area contributed by atoms with Gasteiger partial charge in [0.25, 0.3) is 11.5 Å². The smallest absolute Gasteiger partial charge is 0.287 e. The normalized spacial score (nSPS) is 17.1. The summed E-state index contributed by atoms with van der Waals surface area (Å²) in [7, 11) is 2.04. The van der Waals surface area contributed by atoms with Crippen LogP contribution in [0.4, 0.5) is 21.6 Å². The molecule has 10 nitrogen and oxygen atoms in total. The number of aliphatic hydroxyl groups excluding tert-OH is 1. The Morgan fingerprint density at radius 1 is 1.21 bits per heavy atom. The Morgan fingerprint density at radius 2 is 2.08 bits per heavy atom. The molecule has 1 aromatic carbocycles. The molecule has 0 saturated carbocycles. The molecule has 4 N–H and O–H groups in total. The Hall–Kier alpha value is -3.87. The van der Waals surface area contributed by atoms with E-state index in [1.54, 1.807) is 12.1 Å². The first-order valence-corrected chi connectivity index (χ1v) is 13.2. The number of aliphatic hydroxyl groups is 1. The molecule has 1 aliphatic carbocycles. The van der Waals surface area contributed by atoms with Gasteiger partial charge in [-0.15, -0.1) is 11.3 Å². The van der Waals surface area contributed by atoms with Crippen molar-refractivity contribution in [2.75, 3.05) is 24.2 Å². The molecule has 2 aliphatic rings. The van der Waals surface area contributed by atoms with Gasteiger partial charge in [-0.1, -0.05) is 0 Å². The maximum absolute atomic E-state index is 14.7. The van der Waals surface area contributed by atoms with Crippen LogP contribution < -0.4 is 16.2 Å². The summed E-state index contributed by atoms with van der Waals surface area (Å²) in [6.07, 6.45) is 1.53. The molecule has 0 spiro atoms. The highest BCUT2D eigenvalue weighted by molar-refractivity contribution is 7.14. The molecule has 0 unspecified atom stereocenters. The average Bonchev–Trinajstić information content (AvgIpc) is 3.49. The molecule has 196 valence electrons. The molecule has 4 aromatic rings. The minimum atomic E-state index is -0.588. The van der Waals surface area contributed by atoms with Crippen LogP contribution in [-0.2, 0) is 25.9 Å². The van der Waals surface area contributed by atoms with Crippen LogP contribution in [0.5, 0.6) is 0 Å². The molecule has 0 bridgehead atoms. The molecule has 38 heavy (non-hydrogen) atoms. The largest absolute Gasteiger partial charge is 0.393 e. The minimum Gasteiger partial charge on any atom is -0.393 e. The van der Waals surface area contributed by atoms with Crippen molar-refractivity contribution in [3.8, 4) is 11.3 Å². The third-order valence-corrected chi connectivity index (χ3v) is 8.08. The number of likely N-dealkylation sites (N-methyl/N-ethyl adjacent to an activating group) is 1. The molecule has 6 rings (SSSR count). The van der Waals surface area contributed by atoms with Crippen LogP contribution in [0.2, 0.25) is 0 Å². The standard InChI is InChI=1S/C26H26FN7O3S/c1-33-6-7-34-16(13-33)11-24(32-34)28-21-12-19(30-31-25(21)36)14-2-4-18(27)20(9-14)29-26(37)23-10-15-8-17(35)3-5-22(15)38-23/h2,4,9-12,17,35H,3,5-8,13H2,1H3,(H,29,37)(H,31,36)(H,28,30,32)/t17-/m0/s1. The van der Waals surface area contributed by atoms with E-state index in [1.165, 1.54) is 29.5 Å². The van der Waals surface area contributed by atoms with Crippen molar-refractivity contribution in [2.45, 2.75) is 38.5 Å². The van der Waals surface area contributed by atoms with Crippen molar-refractivity contribution in [1.82, 2.24) is 24.9 Å². The van der Waals surface area contributed by atoms with E-state index in [4.69, 9.17) is 0 Å². The maximum Gasteiger partial charge on any atom is 0.287 e. The molecule has 1 aliphatic heterocycles. The highest BCUT2D eigenvalue weighted by Crippen LogP contribution is 2.31. The van der Waals surface area contributed by atoms with E-state index in [0.717, 1.165) is 42.2 Å². The number of H-pyrrole nitrogens is 1. The number of aromatic amines is 1. The van der Waals surface area contributed by atoms with Crippen LogP contribution >= 0.6 is 11.3 Å². The lowest BCUT2D eigenvalue weighted by Gasteiger charge is -2.22. The van der Waals surface area contributed by atoms with Gasteiger partial charge >= 0.3 is 0 Å². The third kappa shape index (κ3) is 4.85. The molecule has 0 radical (unpaired) electrons. The lowest BCUT2D eigenvalue weighted by Crippen LogP contribution is -2.30. The number of hydrogen-bond donors (Lipinski definition) is 4. The lowest BCUT2D eigenvalue weighted by molar-refractivity contribution is 0.102. The predicted molar refractivity (Wildman–Crippen MR) is 142 cm³/mol. The monoisotopic (exact) mass is 535 g/mol. The van der Waals surface area contributed by atoms with E-state index in [0.29, 0.717) is 34.8 Å². The summed E-state index contributed by atoms with van der Waals surface area (Å²) in [6.45, 7) is 2.44. The third-order valence-electron chi connectivity index (χ3n) is 6.85. The number of nitrogens with zero attached hydrogens (tertiary/aromatic N) is 4. The first-order chi connectivity index (χ1) is 18.3. The van der Waals surface area contributed by atoms with E-state index in [-0.39, 0.29) is 11.4 Å². The van der Waals surface area contributed by atoms with Gasteiger partial charge in [0, 0.05) is 29.6 Å². The fourth-order valence-electron chi connectivity index (χ4n) is 4.82. The Labute approximate surface area is 221 Å². The number of aromatic nitrogens is 4. The van der Waals surface area contributed by atoms with Crippen molar-refractivity contribution in [3.05, 3.63) is 73.6 Å². The van der Waals surface area contributed by atoms with Crippen molar-refractivity contribution in [2.24, 2.45) is 0 Å². The van der Waals surface area contributed by atoms with Crippen molar-refractivity contribution >= 4 is 34.4 Å². The van der Waals surface area contributed by atoms with Crippen LogP contribution in [0, 0.1) is 5.82 Å². The number of anilines is 3. The lowest BCUT2D eigenvalue weighted by atomic mass is 9.96. The Bertz CT molecular complexity index is 1590. The average molecular weight is 536 g/mol. The first-order valence-electron chi connectivity index (χ1n) is 12.4. The van der Waals surface area contributed by atoms with Gasteiger partial charge in [-0.05, 0) is 62.2 Å². The second-order valence-electron chi connectivity index (χ2n) is 9.71. The number of hydrogen-bond acceptors (Lipinski definition) is 8. The quantitative estimate of drug-likeness (QED) is 0.309.